The van der Waals surface area contributed by atoms with Gasteiger partial charge in [-0.3, -0.25) is 0 Å². The predicted molar refractivity (Wildman–Crippen MR) is 143 cm³/mol. The standard InChI is InChI=1S/C25H22P.C6H6O/c1-5-13-22(14-6-1)21-26(23-15-7-2-8-16-23,24-17-9-3-10-18-24)25-19-11-4-12-20-25;7-6-4-2-1-3-5-6/h1-20H,21H2;1-5,7H/q+1;. The van der Waals surface area contributed by atoms with E-state index in [0.717, 1.165) is 6.16 Å². The highest BCUT2D eigenvalue weighted by Crippen LogP contribution is 2.58. The van der Waals surface area contributed by atoms with Gasteiger partial charge in [-0.25, -0.2) is 0 Å². The van der Waals surface area contributed by atoms with Crippen LogP contribution in [0, 0.1) is 0 Å². The van der Waals surface area contributed by atoms with Crippen molar-refractivity contribution in [2.75, 3.05) is 0 Å². The fourth-order valence-corrected chi connectivity index (χ4v) is 8.30. The fourth-order valence-electron chi connectivity index (χ4n) is 4.05. The quantitative estimate of drug-likeness (QED) is 0.302. The van der Waals surface area contributed by atoms with Gasteiger partial charge < -0.3 is 5.11 Å². The monoisotopic (exact) mass is 447 g/mol. The normalized spacial score (nSPS) is 10.7. The Bertz CT molecular complexity index is 1110. The van der Waals surface area contributed by atoms with Crippen LogP contribution in [-0.4, -0.2) is 5.11 Å². The molecule has 162 valence electrons. The number of phenols is 1. The van der Waals surface area contributed by atoms with E-state index in [9.17, 15) is 0 Å². The highest BCUT2D eigenvalue weighted by Gasteiger charge is 2.45. The van der Waals surface area contributed by atoms with Crippen LogP contribution in [0.15, 0.2) is 152 Å². The van der Waals surface area contributed by atoms with Crippen LogP contribution in [-0.2, 0) is 6.16 Å². The van der Waals surface area contributed by atoms with Gasteiger partial charge in [0.15, 0.2) is 0 Å². The number of para-hydroxylation sites is 1. The summed E-state index contributed by atoms with van der Waals surface area (Å²) in [6, 6.07) is 52.7. The molecule has 0 spiro atoms. The minimum Gasteiger partial charge on any atom is -0.508 e. The molecular formula is C31H28OP+. The highest BCUT2D eigenvalue weighted by atomic mass is 31.2. The van der Waals surface area contributed by atoms with Gasteiger partial charge in [-0.15, -0.1) is 0 Å². The Kier molecular flexibility index (Phi) is 7.69. The summed E-state index contributed by atoms with van der Waals surface area (Å²) in [5, 5.41) is 12.9. The van der Waals surface area contributed by atoms with Crippen molar-refractivity contribution in [1.29, 1.82) is 0 Å². The third kappa shape index (κ3) is 5.58. The Morgan fingerprint density at radius 1 is 0.394 bits per heavy atom. The van der Waals surface area contributed by atoms with Crippen molar-refractivity contribution in [2.24, 2.45) is 0 Å². The smallest absolute Gasteiger partial charge is 0.116 e. The van der Waals surface area contributed by atoms with Gasteiger partial charge in [0.2, 0.25) is 0 Å². The number of benzene rings is 5. The van der Waals surface area contributed by atoms with E-state index in [1.807, 2.05) is 6.07 Å². The van der Waals surface area contributed by atoms with Crippen LogP contribution in [0.3, 0.4) is 0 Å². The lowest BCUT2D eigenvalue weighted by Gasteiger charge is -2.27. The van der Waals surface area contributed by atoms with Crippen LogP contribution in [0.1, 0.15) is 5.56 Å². The number of hydrogen-bond acceptors (Lipinski definition) is 1. The molecule has 0 fully saturated rings. The Morgan fingerprint density at radius 3 is 1.00 bits per heavy atom. The third-order valence-electron chi connectivity index (χ3n) is 5.61. The molecule has 0 atom stereocenters. The molecule has 0 bridgehead atoms. The first kappa shape index (κ1) is 22.5. The van der Waals surface area contributed by atoms with Gasteiger partial charge in [0.05, 0.1) is 6.16 Å². The van der Waals surface area contributed by atoms with Gasteiger partial charge in [-0.05, 0) is 54.1 Å². The largest absolute Gasteiger partial charge is 0.508 e. The minimum absolute atomic E-state index is 0.322. The van der Waals surface area contributed by atoms with E-state index in [1.54, 1.807) is 24.3 Å². The summed E-state index contributed by atoms with van der Waals surface area (Å²) in [6.07, 6.45) is 1.03. The van der Waals surface area contributed by atoms with Crippen LogP contribution in [0.25, 0.3) is 0 Å². The SMILES string of the molecule is Oc1ccccc1.c1ccc(C[P+](c2ccccc2)(c2ccccc2)c2ccccc2)cc1. The van der Waals surface area contributed by atoms with Crippen LogP contribution in [0.4, 0.5) is 0 Å². The van der Waals surface area contributed by atoms with E-state index < -0.39 is 7.26 Å². The summed E-state index contributed by atoms with van der Waals surface area (Å²) in [4.78, 5) is 0. The maximum atomic E-state index is 8.63. The number of phenolic OH excluding ortho intramolecular Hbond substituents is 1. The van der Waals surface area contributed by atoms with Crippen molar-refractivity contribution in [2.45, 2.75) is 6.16 Å². The number of hydrogen-bond donors (Lipinski definition) is 1. The van der Waals surface area contributed by atoms with Crippen LogP contribution < -0.4 is 15.9 Å². The molecule has 5 rings (SSSR count). The molecule has 2 heteroatoms. The summed E-state index contributed by atoms with van der Waals surface area (Å²) in [5.41, 5.74) is 1.39. The molecule has 33 heavy (non-hydrogen) atoms. The minimum atomic E-state index is -1.78. The maximum Gasteiger partial charge on any atom is 0.116 e. The van der Waals surface area contributed by atoms with Crippen molar-refractivity contribution in [1.82, 2.24) is 0 Å². The first-order valence-corrected chi connectivity index (χ1v) is 13.1. The molecule has 0 aliphatic heterocycles. The van der Waals surface area contributed by atoms with Crippen molar-refractivity contribution in [3.8, 4) is 5.75 Å². The van der Waals surface area contributed by atoms with Crippen molar-refractivity contribution < 1.29 is 5.11 Å². The van der Waals surface area contributed by atoms with E-state index in [4.69, 9.17) is 5.11 Å². The molecule has 0 aliphatic rings. The van der Waals surface area contributed by atoms with Gasteiger partial charge in [0, 0.05) is 0 Å². The maximum absolute atomic E-state index is 8.63. The molecule has 0 saturated carbocycles. The highest BCUT2D eigenvalue weighted by molar-refractivity contribution is 7.95. The van der Waals surface area contributed by atoms with Crippen molar-refractivity contribution >= 4 is 23.2 Å². The Hall–Kier alpha value is -3.67. The van der Waals surface area contributed by atoms with Crippen molar-refractivity contribution in [3.05, 3.63) is 157 Å². The molecule has 0 aromatic heterocycles. The lowest BCUT2D eigenvalue weighted by molar-refractivity contribution is 0.475. The molecule has 0 unspecified atom stereocenters. The summed E-state index contributed by atoms with van der Waals surface area (Å²) in [7, 11) is -1.78. The lowest BCUT2D eigenvalue weighted by atomic mass is 10.2. The average Bonchev–Trinajstić information content (AvgIpc) is 2.90. The van der Waals surface area contributed by atoms with E-state index in [0.29, 0.717) is 5.75 Å². The first-order valence-electron chi connectivity index (χ1n) is 11.1. The molecule has 0 saturated heterocycles. The van der Waals surface area contributed by atoms with Crippen LogP contribution >= 0.6 is 7.26 Å². The second-order valence-electron chi connectivity index (χ2n) is 7.80. The lowest BCUT2D eigenvalue weighted by Crippen LogP contribution is -2.32. The predicted octanol–water partition coefficient (Wildman–Crippen LogP) is 6.57. The average molecular weight is 448 g/mol. The van der Waals surface area contributed by atoms with Gasteiger partial charge >= 0.3 is 0 Å². The second-order valence-corrected chi connectivity index (χ2v) is 11.3. The first-order chi connectivity index (χ1) is 16.3. The van der Waals surface area contributed by atoms with Gasteiger partial charge in [-0.1, -0.05) is 103 Å². The molecule has 0 amide bonds. The van der Waals surface area contributed by atoms with Crippen molar-refractivity contribution in [3.63, 3.8) is 0 Å². The Morgan fingerprint density at radius 2 is 0.697 bits per heavy atom. The number of aromatic hydroxyl groups is 1. The molecule has 1 N–H and O–H groups in total. The summed E-state index contributed by atoms with van der Waals surface area (Å²) >= 11 is 0. The third-order valence-corrected chi connectivity index (χ3v) is 9.99. The zero-order chi connectivity index (χ0) is 22.8. The molecule has 0 radical (unpaired) electrons. The fraction of sp³-hybridized carbons (Fsp3) is 0.0323. The van der Waals surface area contributed by atoms with E-state index >= 15 is 0 Å². The van der Waals surface area contributed by atoms with Gasteiger partial charge in [-0.2, -0.15) is 0 Å². The van der Waals surface area contributed by atoms with E-state index in [-0.39, 0.29) is 0 Å². The van der Waals surface area contributed by atoms with Crippen LogP contribution in [0.5, 0.6) is 5.75 Å². The Labute approximate surface area is 197 Å². The topological polar surface area (TPSA) is 20.2 Å². The zero-order valence-electron chi connectivity index (χ0n) is 18.5. The molecule has 5 aromatic carbocycles. The molecule has 1 nitrogen and oxygen atoms in total. The van der Waals surface area contributed by atoms with E-state index in [2.05, 4.69) is 121 Å². The zero-order valence-corrected chi connectivity index (χ0v) is 19.4. The molecule has 0 heterocycles. The summed E-state index contributed by atoms with van der Waals surface area (Å²) in [6.45, 7) is 0. The van der Waals surface area contributed by atoms with Crippen LogP contribution in [0.2, 0.25) is 0 Å². The summed E-state index contributed by atoms with van der Waals surface area (Å²) in [5.74, 6) is 0.322. The van der Waals surface area contributed by atoms with Gasteiger partial charge in [0.25, 0.3) is 0 Å². The Balaban J connectivity index is 0.000000318. The molecule has 0 aliphatic carbocycles. The molecular weight excluding hydrogens is 419 g/mol. The second kappa shape index (κ2) is 11.3. The number of rotatable bonds is 5. The summed E-state index contributed by atoms with van der Waals surface area (Å²) < 4.78 is 0. The van der Waals surface area contributed by atoms with Gasteiger partial charge in [0.1, 0.15) is 28.9 Å². The molecule has 5 aromatic rings. The van der Waals surface area contributed by atoms with E-state index in [1.165, 1.54) is 21.5 Å².